The van der Waals surface area contributed by atoms with Crippen molar-refractivity contribution in [1.82, 2.24) is 4.90 Å². The average molecular weight is 259 g/mol. The fourth-order valence-corrected chi connectivity index (χ4v) is 3.47. The van der Waals surface area contributed by atoms with Crippen LogP contribution in [0.2, 0.25) is 0 Å². The van der Waals surface area contributed by atoms with Gasteiger partial charge in [-0.05, 0) is 57.0 Å². The predicted octanol–water partition coefficient (Wildman–Crippen LogP) is 2.58. The normalized spacial score (nSPS) is 23.6. The summed E-state index contributed by atoms with van der Waals surface area (Å²) in [6.45, 7) is 3.55. The first-order valence-corrected chi connectivity index (χ1v) is 7.53. The van der Waals surface area contributed by atoms with E-state index in [1.54, 1.807) is 0 Å². The van der Waals surface area contributed by atoms with Gasteiger partial charge in [0, 0.05) is 37.6 Å². The first kappa shape index (κ1) is 12.8. The third-order valence-corrected chi connectivity index (χ3v) is 4.60. The second kappa shape index (κ2) is 5.41. The highest BCUT2D eigenvalue weighted by Gasteiger charge is 2.24. The van der Waals surface area contributed by atoms with Gasteiger partial charge in [0.25, 0.3) is 0 Å². The Morgan fingerprint density at radius 2 is 2.21 bits per heavy atom. The van der Waals surface area contributed by atoms with Crippen LogP contribution in [0.1, 0.15) is 24.8 Å². The van der Waals surface area contributed by atoms with Crippen LogP contribution < -0.4 is 10.2 Å². The van der Waals surface area contributed by atoms with Gasteiger partial charge in [0.1, 0.15) is 0 Å². The van der Waals surface area contributed by atoms with Gasteiger partial charge in [-0.25, -0.2) is 0 Å². The molecule has 3 nitrogen and oxygen atoms in total. The summed E-state index contributed by atoms with van der Waals surface area (Å²) >= 11 is 0. The largest absolute Gasteiger partial charge is 0.385 e. The van der Waals surface area contributed by atoms with Crippen molar-refractivity contribution >= 4 is 11.4 Å². The summed E-state index contributed by atoms with van der Waals surface area (Å²) < 4.78 is 0. The minimum atomic E-state index is 0.659. The van der Waals surface area contributed by atoms with Gasteiger partial charge in [-0.2, -0.15) is 0 Å². The molecule has 0 radical (unpaired) electrons. The van der Waals surface area contributed by atoms with E-state index in [1.807, 2.05) is 0 Å². The lowest BCUT2D eigenvalue weighted by Gasteiger charge is -2.38. The predicted molar refractivity (Wildman–Crippen MR) is 82.2 cm³/mol. The summed E-state index contributed by atoms with van der Waals surface area (Å²) in [6.07, 6.45) is 5.10. The van der Waals surface area contributed by atoms with E-state index >= 15 is 0 Å². The highest BCUT2D eigenvalue weighted by Crippen LogP contribution is 2.32. The number of anilines is 2. The first-order valence-electron chi connectivity index (χ1n) is 7.53. The van der Waals surface area contributed by atoms with Gasteiger partial charge in [-0.15, -0.1) is 0 Å². The van der Waals surface area contributed by atoms with E-state index in [-0.39, 0.29) is 0 Å². The van der Waals surface area contributed by atoms with Crippen LogP contribution in [0.4, 0.5) is 11.4 Å². The molecule has 1 unspecified atom stereocenters. The van der Waals surface area contributed by atoms with Gasteiger partial charge in [-0.1, -0.05) is 6.07 Å². The lowest BCUT2D eigenvalue weighted by atomic mass is 9.98. The Kier molecular flexibility index (Phi) is 3.65. The molecule has 1 N–H and O–H groups in total. The Hall–Kier alpha value is -1.22. The highest BCUT2D eigenvalue weighted by molar-refractivity contribution is 5.68. The SMILES string of the molecule is CN1CCCC(N(C)c2cccc3c2CCCN3)C1. The Balaban J connectivity index is 1.84. The second-order valence-corrected chi connectivity index (χ2v) is 6.00. The summed E-state index contributed by atoms with van der Waals surface area (Å²) in [4.78, 5) is 4.97. The zero-order valence-electron chi connectivity index (χ0n) is 12.2. The van der Waals surface area contributed by atoms with Gasteiger partial charge < -0.3 is 15.1 Å². The number of rotatable bonds is 2. The van der Waals surface area contributed by atoms with E-state index in [1.165, 1.54) is 55.7 Å². The lowest BCUT2D eigenvalue weighted by Crippen LogP contribution is -2.45. The molecule has 0 bridgehead atoms. The average Bonchev–Trinajstić information content (AvgIpc) is 2.46. The van der Waals surface area contributed by atoms with E-state index in [2.05, 4.69) is 47.4 Å². The van der Waals surface area contributed by atoms with Crippen molar-refractivity contribution < 1.29 is 0 Å². The topological polar surface area (TPSA) is 18.5 Å². The second-order valence-electron chi connectivity index (χ2n) is 6.00. The number of hydrogen-bond acceptors (Lipinski definition) is 3. The first-order chi connectivity index (χ1) is 9.25. The molecule has 19 heavy (non-hydrogen) atoms. The molecular weight excluding hydrogens is 234 g/mol. The fraction of sp³-hybridized carbons (Fsp3) is 0.625. The quantitative estimate of drug-likeness (QED) is 0.880. The molecule has 1 aromatic carbocycles. The van der Waals surface area contributed by atoms with Gasteiger partial charge >= 0.3 is 0 Å². The van der Waals surface area contributed by atoms with Crippen LogP contribution in [0.15, 0.2) is 18.2 Å². The molecule has 3 heteroatoms. The van der Waals surface area contributed by atoms with Crippen molar-refractivity contribution in [3.63, 3.8) is 0 Å². The van der Waals surface area contributed by atoms with Crippen LogP contribution in [-0.4, -0.2) is 44.7 Å². The molecule has 1 fully saturated rings. The molecule has 1 aromatic rings. The fourth-order valence-electron chi connectivity index (χ4n) is 3.47. The van der Waals surface area contributed by atoms with Crippen molar-refractivity contribution in [2.45, 2.75) is 31.7 Å². The molecule has 0 aromatic heterocycles. The van der Waals surface area contributed by atoms with Gasteiger partial charge in [-0.3, -0.25) is 0 Å². The maximum atomic E-state index is 3.53. The maximum Gasteiger partial charge on any atom is 0.0419 e. The van der Waals surface area contributed by atoms with Crippen molar-refractivity contribution in [2.75, 3.05) is 43.9 Å². The van der Waals surface area contributed by atoms with Gasteiger partial charge in [0.05, 0.1) is 0 Å². The molecule has 0 saturated carbocycles. The summed E-state index contributed by atoms with van der Waals surface area (Å²) in [6, 6.07) is 7.36. The van der Waals surface area contributed by atoms with Crippen molar-refractivity contribution in [3.05, 3.63) is 23.8 Å². The molecule has 104 valence electrons. The van der Waals surface area contributed by atoms with Gasteiger partial charge in [0.15, 0.2) is 0 Å². The minimum Gasteiger partial charge on any atom is -0.385 e. The minimum absolute atomic E-state index is 0.659. The van der Waals surface area contributed by atoms with Crippen LogP contribution in [0, 0.1) is 0 Å². The number of nitrogens with one attached hydrogen (secondary N) is 1. The molecule has 2 aliphatic heterocycles. The molecule has 3 rings (SSSR count). The Morgan fingerprint density at radius 3 is 3.05 bits per heavy atom. The van der Waals surface area contributed by atoms with E-state index in [9.17, 15) is 0 Å². The summed E-state index contributed by atoms with van der Waals surface area (Å²) in [5.41, 5.74) is 4.30. The molecule has 0 spiro atoms. The molecular formula is C16H25N3. The summed E-state index contributed by atoms with van der Waals surface area (Å²) in [5.74, 6) is 0. The molecule has 2 heterocycles. The summed E-state index contributed by atoms with van der Waals surface area (Å²) in [5, 5.41) is 3.53. The van der Waals surface area contributed by atoms with Crippen LogP contribution in [0.3, 0.4) is 0 Å². The third-order valence-electron chi connectivity index (χ3n) is 4.60. The monoisotopic (exact) mass is 259 g/mol. The Bertz CT molecular complexity index is 444. The van der Waals surface area contributed by atoms with E-state index in [4.69, 9.17) is 0 Å². The smallest absolute Gasteiger partial charge is 0.0419 e. The number of likely N-dealkylation sites (tertiary alicyclic amines) is 1. The van der Waals surface area contributed by atoms with E-state index < -0.39 is 0 Å². The van der Waals surface area contributed by atoms with Crippen molar-refractivity contribution in [3.8, 4) is 0 Å². The van der Waals surface area contributed by atoms with Crippen molar-refractivity contribution in [1.29, 1.82) is 0 Å². The number of hydrogen-bond donors (Lipinski definition) is 1. The van der Waals surface area contributed by atoms with Crippen LogP contribution in [0.25, 0.3) is 0 Å². The number of nitrogens with zero attached hydrogens (tertiary/aromatic N) is 2. The number of piperidine rings is 1. The Labute approximate surface area is 116 Å². The molecule has 1 saturated heterocycles. The molecule has 0 amide bonds. The zero-order valence-corrected chi connectivity index (χ0v) is 12.2. The lowest BCUT2D eigenvalue weighted by molar-refractivity contribution is 0.248. The third kappa shape index (κ3) is 2.57. The number of fused-ring (bicyclic) bond motifs is 1. The molecule has 1 atom stereocenters. The van der Waals surface area contributed by atoms with Crippen LogP contribution in [-0.2, 0) is 6.42 Å². The molecule has 2 aliphatic rings. The Morgan fingerprint density at radius 1 is 1.32 bits per heavy atom. The van der Waals surface area contributed by atoms with Gasteiger partial charge in [0.2, 0.25) is 0 Å². The zero-order chi connectivity index (χ0) is 13.2. The van der Waals surface area contributed by atoms with E-state index in [0.717, 1.165) is 6.54 Å². The maximum absolute atomic E-state index is 3.53. The highest BCUT2D eigenvalue weighted by atomic mass is 15.2. The molecule has 0 aliphatic carbocycles. The number of benzene rings is 1. The van der Waals surface area contributed by atoms with Crippen LogP contribution in [0.5, 0.6) is 0 Å². The summed E-state index contributed by atoms with van der Waals surface area (Å²) in [7, 11) is 4.51. The van der Waals surface area contributed by atoms with E-state index in [0.29, 0.717) is 6.04 Å². The number of likely N-dealkylation sites (N-methyl/N-ethyl adjacent to an activating group) is 2. The van der Waals surface area contributed by atoms with Crippen molar-refractivity contribution in [2.24, 2.45) is 0 Å². The standard InChI is InChI=1S/C16H25N3/c1-18-11-5-6-13(12-18)19(2)16-9-3-8-15-14(16)7-4-10-17-15/h3,8-9,13,17H,4-7,10-12H2,1-2H3. The van der Waals surface area contributed by atoms with Crippen LogP contribution >= 0.6 is 0 Å².